The van der Waals surface area contributed by atoms with Crippen molar-refractivity contribution < 1.29 is 18.7 Å². The van der Waals surface area contributed by atoms with E-state index in [1.54, 1.807) is 20.8 Å². The van der Waals surface area contributed by atoms with Crippen LogP contribution in [0.25, 0.3) is 0 Å². The largest absolute Gasteiger partial charge is 0.389 e. The maximum absolute atomic E-state index is 13.5. The first kappa shape index (κ1) is 14.6. The molecule has 0 heterocycles. The smallest absolute Gasteiger partial charge is 0.257 e. The van der Waals surface area contributed by atoms with E-state index in [-0.39, 0.29) is 12.1 Å². The first-order valence-corrected chi connectivity index (χ1v) is 5.72. The SMILES string of the molecule is CCN(CC(C)(C)O)C(=O)c1cccc(F)c1F. The zero-order valence-electron chi connectivity index (χ0n) is 10.7. The topological polar surface area (TPSA) is 40.5 Å². The zero-order valence-corrected chi connectivity index (χ0v) is 10.7. The molecule has 1 rings (SSSR count). The number of carbonyl (C=O) groups excluding carboxylic acids is 1. The molecule has 3 nitrogen and oxygen atoms in total. The minimum atomic E-state index is -1.16. The van der Waals surface area contributed by atoms with Gasteiger partial charge in [0.1, 0.15) is 0 Å². The molecule has 0 bridgehead atoms. The third-order valence-corrected chi connectivity index (χ3v) is 2.43. The van der Waals surface area contributed by atoms with Crippen LogP contribution in [0.1, 0.15) is 31.1 Å². The summed E-state index contributed by atoms with van der Waals surface area (Å²) in [5.41, 5.74) is -1.41. The maximum atomic E-state index is 13.5. The summed E-state index contributed by atoms with van der Waals surface area (Å²) in [6, 6.07) is 3.47. The second-order valence-electron chi connectivity index (χ2n) is 4.73. The second-order valence-corrected chi connectivity index (χ2v) is 4.73. The van der Waals surface area contributed by atoms with E-state index in [0.717, 1.165) is 6.07 Å². The number of halogens is 2. The quantitative estimate of drug-likeness (QED) is 0.898. The standard InChI is InChI=1S/C13H17F2NO2/c1-4-16(8-13(2,3)18)12(17)9-6-5-7-10(14)11(9)15/h5-7,18H,4,8H2,1-3H3. The summed E-state index contributed by atoms with van der Waals surface area (Å²) >= 11 is 0. The fourth-order valence-corrected chi connectivity index (χ4v) is 1.63. The molecule has 1 aromatic carbocycles. The zero-order chi connectivity index (χ0) is 13.9. The van der Waals surface area contributed by atoms with Crippen LogP contribution >= 0.6 is 0 Å². The first-order chi connectivity index (χ1) is 8.26. The summed E-state index contributed by atoms with van der Waals surface area (Å²) in [6.45, 7) is 5.16. The van der Waals surface area contributed by atoms with Crippen molar-refractivity contribution in [2.75, 3.05) is 13.1 Å². The van der Waals surface area contributed by atoms with Gasteiger partial charge in [-0.05, 0) is 32.9 Å². The molecule has 0 saturated carbocycles. The number of nitrogens with zero attached hydrogens (tertiary/aromatic N) is 1. The van der Waals surface area contributed by atoms with Gasteiger partial charge in [-0.25, -0.2) is 8.78 Å². The Balaban J connectivity index is 3.01. The molecule has 18 heavy (non-hydrogen) atoms. The van der Waals surface area contributed by atoms with Gasteiger partial charge in [-0.3, -0.25) is 4.79 Å². The summed E-state index contributed by atoms with van der Waals surface area (Å²) < 4.78 is 26.5. The number of hydrogen-bond acceptors (Lipinski definition) is 2. The number of carbonyl (C=O) groups is 1. The Bertz CT molecular complexity index is 441. The van der Waals surface area contributed by atoms with Crippen molar-refractivity contribution in [1.29, 1.82) is 0 Å². The highest BCUT2D eigenvalue weighted by molar-refractivity contribution is 5.94. The summed E-state index contributed by atoms with van der Waals surface area (Å²) in [5, 5.41) is 9.68. The fourth-order valence-electron chi connectivity index (χ4n) is 1.63. The molecular weight excluding hydrogens is 240 g/mol. The molecule has 0 aliphatic heterocycles. The average Bonchev–Trinajstić information content (AvgIpc) is 2.27. The van der Waals surface area contributed by atoms with Gasteiger partial charge in [0.2, 0.25) is 0 Å². The van der Waals surface area contributed by atoms with Crippen molar-refractivity contribution >= 4 is 5.91 Å². The highest BCUT2D eigenvalue weighted by Gasteiger charge is 2.24. The van der Waals surface area contributed by atoms with E-state index in [1.807, 2.05) is 0 Å². The van der Waals surface area contributed by atoms with Crippen molar-refractivity contribution in [3.8, 4) is 0 Å². The van der Waals surface area contributed by atoms with Crippen LogP contribution in [0.5, 0.6) is 0 Å². The van der Waals surface area contributed by atoms with E-state index in [9.17, 15) is 18.7 Å². The molecule has 0 atom stereocenters. The molecule has 0 aliphatic carbocycles. The van der Waals surface area contributed by atoms with Gasteiger partial charge in [-0.1, -0.05) is 6.07 Å². The monoisotopic (exact) mass is 257 g/mol. The van der Waals surface area contributed by atoms with Gasteiger partial charge in [-0.15, -0.1) is 0 Å². The Hall–Kier alpha value is -1.49. The number of amides is 1. The van der Waals surface area contributed by atoms with E-state index in [0.29, 0.717) is 6.54 Å². The molecule has 0 spiro atoms. The first-order valence-electron chi connectivity index (χ1n) is 5.72. The fraction of sp³-hybridized carbons (Fsp3) is 0.462. The molecule has 1 aromatic rings. The molecule has 1 N–H and O–H groups in total. The maximum Gasteiger partial charge on any atom is 0.257 e. The number of hydrogen-bond donors (Lipinski definition) is 1. The van der Waals surface area contributed by atoms with Crippen molar-refractivity contribution in [1.82, 2.24) is 4.90 Å². The lowest BCUT2D eigenvalue weighted by Crippen LogP contribution is -2.42. The number of rotatable bonds is 4. The van der Waals surface area contributed by atoms with Crippen molar-refractivity contribution in [2.45, 2.75) is 26.4 Å². The summed E-state index contributed by atoms with van der Waals surface area (Å²) in [5.74, 6) is -2.84. The van der Waals surface area contributed by atoms with Gasteiger partial charge >= 0.3 is 0 Å². The van der Waals surface area contributed by atoms with Gasteiger partial charge in [0.05, 0.1) is 11.2 Å². The highest BCUT2D eigenvalue weighted by Crippen LogP contribution is 2.15. The van der Waals surface area contributed by atoms with Crippen LogP contribution in [0.2, 0.25) is 0 Å². The Morgan fingerprint density at radius 3 is 2.50 bits per heavy atom. The Morgan fingerprint density at radius 1 is 1.39 bits per heavy atom. The number of benzene rings is 1. The van der Waals surface area contributed by atoms with E-state index >= 15 is 0 Å². The van der Waals surface area contributed by atoms with E-state index in [2.05, 4.69) is 0 Å². The Labute approximate surface area is 105 Å². The van der Waals surface area contributed by atoms with Gasteiger partial charge in [0.25, 0.3) is 5.91 Å². The third-order valence-electron chi connectivity index (χ3n) is 2.43. The minimum Gasteiger partial charge on any atom is -0.389 e. The predicted molar refractivity (Wildman–Crippen MR) is 64.2 cm³/mol. The second kappa shape index (κ2) is 5.44. The molecule has 0 unspecified atom stereocenters. The van der Waals surface area contributed by atoms with Crippen LogP contribution in [0, 0.1) is 11.6 Å². The van der Waals surface area contributed by atoms with E-state index in [4.69, 9.17) is 0 Å². The van der Waals surface area contributed by atoms with Gasteiger partial charge in [0.15, 0.2) is 11.6 Å². The van der Waals surface area contributed by atoms with Gasteiger partial charge < -0.3 is 10.0 Å². The van der Waals surface area contributed by atoms with Crippen LogP contribution in [-0.4, -0.2) is 34.6 Å². The molecule has 5 heteroatoms. The molecule has 1 amide bonds. The Kier molecular flexibility index (Phi) is 4.40. The lowest BCUT2D eigenvalue weighted by atomic mass is 10.1. The molecule has 100 valence electrons. The van der Waals surface area contributed by atoms with E-state index in [1.165, 1.54) is 17.0 Å². The predicted octanol–water partition coefficient (Wildman–Crippen LogP) is 2.20. The molecular formula is C13H17F2NO2. The van der Waals surface area contributed by atoms with Gasteiger partial charge in [0, 0.05) is 13.1 Å². The minimum absolute atomic E-state index is 0.0539. The third kappa shape index (κ3) is 3.50. The molecule has 0 aromatic heterocycles. The summed E-state index contributed by atoms with van der Waals surface area (Å²) in [6.07, 6.45) is 0. The molecule has 0 saturated heterocycles. The molecule has 0 aliphatic rings. The van der Waals surface area contributed by atoms with E-state index < -0.39 is 23.1 Å². The Morgan fingerprint density at radius 2 is 2.00 bits per heavy atom. The normalized spacial score (nSPS) is 11.4. The number of aliphatic hydroxyl groups is 1. The molecule has 0 radical (unpaired) electrons. The molecule has 0 fully saturated rings. The lowest BCUT2D eigenvalue weighted by molar-refractivity contribution is 0.0311. The number of likely N-dealkylation sites (N-methyl/N-ethyl adjacent to an activating group) is 1. The van der Waals surface area contributed by atoms with Crippen molar-refractivity contribution in [2.24, 2.45) is 0 Å². The highest BCUT2D eigenvalue weighted by atomic mass is 19.2. The lowest BCUT2D eigenvalue weighted by Gasteiger charge is -2.28. The summed E-state index contributed by atoms with van der Waals surface area (Å²) in [7, 11) is 0. The van der Waals surface area contributed by atoms with Crippen molar-refractivity contribution in [3.05, 3.63) is 35.4 Å². The van der Waals surface area contributed by atoms with Crippen molar-refractivity contribution in [3.63, 3.8) is 0 Å². The van der Waals surface area contributed by atoms with Crippen LogP contribution in [0.4, 0.5) is 8.78 Å². The van der Waals surface area contributed by atoms with Crippen LogP contribution in [0.15, 0.2) is 18.2 Å². The average molecular weight is 257 g/mol. The van der Waals surface area contributed by atoms with Crippen LogP contribution < -0.4 is 0 Å². The van der Waals surface area contributed by atoms with Crippen LogP contribution in [0.3, 0.4) is 0 Å². The van der Waals surface area contributed by atoms with Crippen LogP contribution in [-0.2, 0) is 0 Å². The summed E-state index contributed by atoms with van der Waals surface area (Å²) in [4.78, 5) is 13.3. The van der Waals surface area contributed by atoms with Gasteiger partial charge in [-0.2, -0.15) is 0 Å².